The van der Waals surface area contributed by atoms with Crippen LogP contribution in [0, 0.1) is 13.8 Å². The number of rotatable bonds is 7. The topological polar surface area (TPSA) is 38.3 Å². The van der Waals surface area contributed by atoms with Crippen LogP contribution in [0.2, 0.25) is 0 Å². The molecular weight excluding hydrogens is 298 g/mol. The van der Waals surface area contributed by atoms with E-state index in [0.717, 1.165) is 23.3 Å². The van der Waals surface area contributed by atoms with Crippen molar-refractivity contribution in [2.24, 2.45) is 0 Å². The molecule has 3 heteroatoms. The van der Waals surface area contributed by atoms with Gasteiger partial charge in [-0.3, -0.25) is 4.79 Å². The molecule has 0 aliphatic heterocycles. The highest BCUT2D eigenvalue weighted by Crippen LogP contribution is 2.19. The second-order valence-corrected chi connectivity index (χ2v) is 6.21. The average molecular weight is 325 g/mol. The van der Waals surface area contributed by atoms with Crippen LogP contribution in [-0.2, 0) is 4.79 Å². The molecule has 2 aromatic carbocycles. The van der Waals surface area contributed by atoms with Crippen molar-refractivity contribution in [3.05, 3.63) is 65.2 Å². The van der Waals surface area contributed by atoms with E-state index in [0.29, 0.717) is 6.42 Å². The van der Waals surface area contributed by atoms with Crippen LogP contribution >= 0.6 is 0 Å². The van der Waals surface area contributed by atoms with E-state index in [-0.39, 0.29) is 11.9 Å². The summed E-state index contributed by atoms with van der Waals surface area (Å²) in [7, 11) is 0. The van der Waals surface area contributed by atoms with Crippen LogP contribution in [-0.4, -0.2) is 12.0 Å². The minimum absolute atomic E-state index is 0.00765. The standard InChI is InChI=1S/C21H27NO2/c1-5-19(17-12-10-15(3)11-13-17)22-21(23)20(6-2)24-18-9-7-8-16(4)14-18/h7-14,19-20H,5-6H2,1-4H3,(H,22,23)/t19-,20+/m0/s1. The molecule has 2 atom stereocenters. The fourth-order valence-corrected chi connectivity index (χ4v) is 2.66. The van der Waals surface area contributed by atoms with E-state index >= 15 is 0 Å². The first-order valence-corrected chi connectivity index (χ1v) is 8.63. The summed E-state index contributed by atoms with van der Waals surface area (Å²) in [6.07, 6.45) is 0.992. The molecule has 2 rings (SSSR count). The predicted molar refractivity (Wildman–Crippen MR) is 98.2 cm³/mol. The summed E-state index contributed by atoms with van der Waals surface area (Å²) in [5, 5.41) is 3.12. The van der Waals surface area contributed by atoms with Crippen LogP contribution < -0.4 is 10.1 Å². The van der Waals surface area contributed by atoms with Crippen molar-refractivity contribution < 1.29 is 9.53 Å². The van der Waals surface area contributed by atoms with Crippen molar-refractivity contribution in [2.45, 2.75) is 52.7 Å². The third-order valence-electron chi connectivity index (χ3n) is 4.14. The zero-order chi connectivity index (χ0) is 17.5. The largest absolute Gasteiger partial charge is 0.481 e. The average Bonchev–Trinajstić information content (AvgIpc) is 2.58. The van der Waals surface area contributed by atoms with Crippen LogP contribution in [0.3, 0.4) is 0 Å². The molecule has 0 radical (unpaired) electrons. The first-order chi connectivity index (χ1) is 11.5. The first kappa shape index (κ1) is 18.1. The van der Waals surface area contributed by atoms with Gasteiger partial charge in [-0.2, -0.15) is 0 Å². The number of amides is 1. The Hall–Kier alpha value is -2.29. The van der Waals surface area contributed by atoms with Gasteiger partial charge in [-0.15, -0.1) is 0 Å². The van der Waals surface area contributed by atoms with Gasteiger partial charge in [0.15, 0.2) is 6.10 Å². The van der Waals surface area contributed by atoms with Crippen molar-refractivity contribution >= 4 is 5.91 Å². The summed E-state index contributed by atoms with van der Waals surface area (Å²) in [5.74, 6) is 0.673. The van der Waals surface area contributed by atoms with Gasteiger partial charge in [0.1, 0.15) is 5.75 Å². The minimum atomic E-state index is -0.480. The molecule has 0 fully saturated rings. The molecule has 0 unspecified atom stereocenters. The summed E-state index contributed by atoms with van der Waals surface area (Å²) >= 11 is 0. The number of benzene rings is 2. The van der Waals surface area contributed by atoms with Crippen molar-refractivity contribution in [1.82, 2.24) is 5.32 Å². The van der Waals surface area contributed by atoms with E-state index < -0.39 is 6.10 Å². The maximum absolute atomic E-state index is 12.6. The SMILES string of the molecule is CC[C@H](NC(=O)[C@@H](CC)Oc1cccc(C)c1)c1ccc(C)cc1. The van der Waals surface area contributed by atoms with Gasteiger partial charge in [0.2, 0.25) is 0 Å². The smallest absolute Gasteiger partial charge is 0.261 e. The predicted octanol–water partition coefficient (Wildman–Crippen LogP) is 4.73. The molecule has 0 aliphatic carbocycles. The number of aryl methyl sites for hydroxylation is 2. The zero-order valence-corrected chi connectivity index (χ0v) is 15.0. The third kappa shape index (κ3) is 4.85. The number of ether oxygens (including phenoxy) is 1. The lowest BCUT2D eigenvalue weighted by Gasteiger charge is -2.22. The zero-order valence-electron chi connectivity index (χ0n) is 15.0. The minimum Gasteiger partial charge on any atom is -0.481 e. The monoisotopic (exact) mass is 325 g/mol. The molecule has 24 heavy (non-hydrogen) atoms. The molecule has 0 saturated heterocycles. The lowest BCUT2D eigenvalue weighted by Crippen LogP contribution is -2.39. The van der Waals surface area contributed by atoms with Gasteiger partial charge in [0, 0.05) is 0 Å². The van der Waals surface area contributed by atoms with E-state index in [2.05, 4.69) is 43.4 Å². The Morgan fingerprint density at radius 2 is 1.71 bits per heavy atom. The second-order valence-electron chi connectivity index (χ2n) is 6.21. The molecule has 128 valence electrons. The summed E-state index contributed by atoms with van der Waals surface area (Å²) in [4.78, 5) is 12.6. The molecule has 0 saturated carbocycles. The highest BCUT2D eigenvalue weighted by Gasteiger charge is 2.21. The number of hydrogen-bond acceptors (Lipinski definition) is 2. The van der Waals surface area contributed by atoms with Crippen molar-refractivity contribution in [1.29, 1.82) is 0 Å². The number of carbonyl (C=O) groups is 1. The fourth-order valence-electron chi connectivity index (χ4n) is 2.66. The van der Waals surface area contributed by atoms with Gasteiger partial charge in [-0.25, -0.2) is 0 Å². The summed E-state index contributed by atoms with van der Waals surface area (Å²) in [5.41, 5.74) is 3.46. The van der Waals surface area contributed by atoms with Gasteiger partial charge in [-0.05, 0) is 49.9 Å². The quantitative estimate of drug-likeness (QED) is 0.799. The van der Waals surface area contributed by atoms with E-state index in [1.165, 1.54) is 5.56 Å². The Morgan fingerprint density at radius 3 is 2.29 bits per heavy atom. The summed E-state index contributed by atoms with van der Waals surface area (Å²) < 4.78 is 5.89. The van der Waals surface area contributed by atoms with Gasteiger partial charge < -0.3 is 10.1 Å². The molecule has 1 N–H and O–H groups in total. The van der Waals surface area contributed by atoms with E-state index in [1.54, 1.807) is 0 Å². The van der Waals surface area contributed by atoms with Crippen molar-refractivity contribution in [3.63, 3.8) is 0 Å². The summed E-state index contributed by atoms with van der Waals surface area (Å²) in [6.45, 7) is 8.12. The lowest BCUT2D eigenvalue weighted by molar-refractivity contribution is -0.128. The first-order valence-electron chi connectivity index (χ1n) is 8.63. The number of carbonyl (C=O) groups excluding carboxylic acids is 1. The second kappa shape index (κ2) is 8.53. The van der Waals surface area contributed by atoms with Crippen molar-refractivity contribution in [2.75, 3.05) is 0 Å². The maximum atomic E-state index is 12.6. The van der Waals surface area contributed by atoms with E-state index in [1.807, 2.05) is 38.1 Å². The molecule has 1 amide bonds. The van der Waals surface area contributed by atoms with Gasteiger partial charge >= 0.3 is 0 Å². The summed E-state index contributed by atoms with van der Waals surface area (Å²) in [6, 6.07) is 16.1. The van der Waals surface area contributed by atoms with Crippen LogP contribution in [0.15, 0.2) is 48.5 Å². The maximum Gasteiger partial charge on any atom is 0.261 e. The molecular formula is C21H27NO2. The van der Waals surface area contributed by atoms with Crippen LogP contribution in [0.1, 0.15) is 49.4 Å². The van der Waals surface area contributed by atoms with E-state index in [9.17, 15) is 4.79 Å². The third-order valence-corrected chi connectivity index (χ3v) is 4.14. The Labute approximate surface area is 145 Å². The fraction of sp³-hybridized carbons (Fsp3) is 0.381. The normalized spacial score (nSPS) is 13.2. The van der Waals surface area contributed by atoms with Gasteiger partial charge in [0.25, 0.3) is 5.91 Å². The van der Waals surface area contributed by atoms with Crippen LogP contribution in [0.25, 0.3) is 0 Å². The Kier molecular flexibility index (Phi) is 6.42. The molecule has 2 aromatic rings. The molecule has 0 aliphatic rings. The lowest BCUT2D eigenvalue weighted by atomic mass is 10.0. The Morgan fingerprint density at radius 1 is 1.00 bits per heavy atom. The molecule has 0 bridgehead atoms. The van der Waals surface area contributed by atoms with Gasteiger partial charge in [0.05, 0.1) is 6.04 Å². The molecule has 0 spiro atoms. The Bertz CT molecular complexity index is 664. The number of nitrogens with one attached hydrogen (secondary N) is 1. The Balaban J connectivity index is 2.05. The highest BCUT2D eigenvalue weighted by molar-refractivity contribution is 5.81. The van der Waals surface area contributed by atoms with Crippen LogP contribution in [0.5, 0.6) is 5.75 Å². The van der Waals surface area contributed by atoms with Gasteiger partial charge in [-0.1, -0.05) is 55.8 Å². The molecule has 3 nitrogen and oxygen atoms in total. The molecule has 0 aromatic heterocycles. The van der Waals surface area contributed by atoms with Crippen LogP contribution in [0.4, 0.5) is 0 Å². The number of hydrogen-bond donors (Lipinski definition) is 1. The highest BCUT2D eigenvalue weighted by atomic mass is 16.5. The van der Waals surface area contributed by atoms with E-state index in [4.69, 9.17) is 4.74 Å². The van der Waals surface area contributed by atoms with Crippen molar-refractivity contribution in [3.8, 4) is 5.75 Å². The molecule has 0 heterocycles.